The molecule has 2 aliphatic carbocycles. The van der Waals surface area contributed by atoms with Crippen molar-refractivity contribution >= 4 is 17.7 Å². The molecular weight excluding hydrogens is 324 g/mol. The van der Waals surface area contributed by atoms with E-state index in [-0.39, 0.29) is 11.9 Å². The maximum atomic E-state index is 12.2. The second-order valence-corrected chi connectivity index (χ2v) is 7.87. The van der Waals surface area contributed by atoms with Crippen LogP contribution >= 0.6 is 11.8 Å². The molecule has 0 saturated heterocycles. The SMILES string of the molecule is C[C@H](NC(=O)CSc1n[nH]c(-c2ccco2)n1)[C@H]1C[C@H]2CC[C@H]1C2. The third-order valence-electron chi connectivity index (χ3n) is 5.38. The van der Waals surface area contributed by atoms with Crippen LogP contribution in [0.15, 0.2) is 28.0 Å². The predicted octanol–water partition coefficient (Wildman–Crippen LogP) is 3.10. The smallest absolute Gasteiger partial charge is 0.230 e. The summed E-state index contributed by atoms with van der Waals surface area (Å²) in [6, 6.07) is 3.88. The number of nitrogens with one attached hydrogen (secondary N) is 2. The van der Waals surface area contributed by atoms with Crippen LogP contribution < -0.4 is 5.32 Å². The number of hydrogen-bond donors (Lipinski definition) is 2. The lowest BCUT2D eigenvalue weighted by molar-refractivity contribution is -0.119. The Labute approximate surface area is 145 Å². The zero-order chi connectivity index (χ0) is 16.5. The van der Waals surface area contributed by atoms with Crippen LogP contribution in [0.5, 0.6) is 0 Å². The highest BCUT2D eigenvalue weighted by Crippen LogP contribution is 2.49. The van der Waals surface area contributed by atoms with Gasteiger partial charge in [0, 0.05) is 6.04 Å². The summed E-state index contributed by atoms with van der Waals surface area (Å²) < 4.78 is 5.27. The quantitative estimate of drug-likeness (QED) is 0.785. The molecule has 2 heterocycles. The Morgan fingerprint density at radius 2 is 2.42 bits per heavy atom. The van der Waals surface area contributed by atoms with E-state index in [1.165, 1.54) is 37.4 Å². The van der Waals surface area contributed by atoms with E-state index in [0.717, 1.165) is 11.8 Å². The number of thioether (sulfide) groups is 1. The Hall–Kier alpha value is -1.76. The number of rotatable bonds is 6. The molecule has 24 heavy (non-hydrogen) atoms. The van der Waals surface area contributed by atoms with Crippen LogP contribution in [-0.4, -0.2) is 32.9 Å². The first kappa shape index (κ1) is 15.7. The summed E-state index contributed by atoms with van der Waals surface area (Å²) in [4.78, 5) is 16.5. The van der Waals surface area contributed by atoms with Gasteiger partial charge in [-0.1, -0.05) is 18.2 Å². The maximum absolute atomic E-state index is 12.2. The van der Waals surface area contributed by atoms with Crippen molar-refractivity contribution in [1.82, 2.24) is 20.5 Å². The van der Waals surface area contributed by atoms with Gasteiger partial charge in [0.25, 0.3) is 0 Å². The fourth-order valence-electron chi connectivity index (χ4n) is 4.27. The number of hydrogen-bond acceptors (Lipinski definition) is 5. The molecule has 0 radical (unpaired) electrons. The number of H-pyrrole nitrogens is 1. The minimum absolute atomic E-state index is 0.0552. The average molecular weight is 346 g/mol. The van der Waals surface area contributed by atoms with Gasteiger partial charge in [-0.2, -0.15) is 4.98 Å². The molecule has 2 aromatic rings. The maximum Gasteiger partial charge on any atom is 0.230 e. The van der Waals surface area contributed by atoms with Gasteiger partial charge in [0.1, 0.15) is 0 Å². The monoisotopic (exact) mass is 346 g/mol. The number of carbonyl (C=O) groups excluding carboxylic acids is 1. The molecule has 0 spiro atoms. The van der Waals surface area contributed by atoms with Gasteiger partial charge < -0.3 is 9.73 Å². The van der Waals surface area contributed by atoms with E-state index >= 15 is 0 Å². The molecule has 4 rings (SSSR count). The van der Waals surface area contributed by atoms with Gasteiger partial charge in [-0.3, -0.25) is 9.89 Å². The van der Waals surface area contributed by atoms with Crippen LogP contribution in [0, 0.1) is 17.8 Å². The molecule has 7 heteroatoms. The van der Waals surface area contributed by atoms with Crippen molar-refractivity contribution in [2.45, 2.75) is 43.8 Å². The first-order chi connectivity index (χ1) is 11.7. The van der Waals surface area contributed by atoms with Gasteiger partial charge in [0.2, 0.25) is 11.1 Å². The largest absolute Gasteiger partial charge is 0.461 e. The lowest BCUT2D eigenvalue weighted by atomic mass is 9.84. The Kier molecular flexibility index (Phi) is 4.35. The van der Waals surface area contributed by atoms with E-state index in [1.54, 1.807) is 12.3 Å². The summed E-state index contributed by atoms with van der Waals surface area (Å²) in [7, 11) is 0. The minimum atomic E-state index is 0.0552. The summed E-state index contributed by atoms with van der Waals surface area (Å²) in [5.41, 5.74) is 0. The van der Waals surface area contributed by atoms with E-state index in [9.17, 15) is 4.79 Å². The lowest BCUT2D eigenvalue weighted by Gasteiger charge is -2.28. The Morgan fingerprint density at radius 1 is 1.50 bits per heavy atom. The van der Waals surface area contributed by atoms with Gasteiger partial charge >= 0.3 is 0 Å². The number of amides is 1. The number of carbonyl (C=O) groups is 1. The van der Waals surface area contributed by atoms with Crippen LogP contribution in [0.4, 0.5) is 0 Å². The van der Waals surface area contributed by atoms with Gasteiger partial charge in [-0.25, -0.2) is 0 Å². The van der Waals surface area contributed by atoms with Crippen LogP contribution in [0.3, 0.4) is 0 Å². The molecule has 2 N–H and O–H groups in total. The molecule has 0 aliphatic heterocycles. The van der Waals surface area contributed by atoms with Crippen molar-refractivity contribution in [3.05, 3.63) is 18.4 Å². The van der Waals surface area contributed by atoms with Gasteiger partial charge in [0.05, 0.1) is 12.0 Å². The summed E-state index contributed by atoms with van der Waals surface area (Å²) >= 11 is 1.34. The number of fused-ring (bicyclic) bond motifs is 2. The van der Waals surface area contributed by atoms with Gasteiger partial charge in [-0.15, -0.1) is 5.10 Å². The molecule has 6 nitrogen and oxygen atoms in total. The summed E-state index contributed by atoms with van der Waals surface area (Å²) in [5, 5.41) is 10.7. The first-order valence-corrected chi connectivity index (χ1v) is 9.56. The molecule has 2 fully saturated rings. The molecular formula is C17H22N4O2S. The highest BCUT2D eigenvalue weighted by atomic mass is 32.2. The first-order valence-electron chi connectivity index (χ1n) is 8.57. The average Bonchev–Trinajstić information content (AvgIpc) is 3.37. The van der Waals surface area contributed by atoms with Crippen molar-refractivity contribution in [2.24, 2.45) is 17.8 Å². The predicted molar refractivity (Wildman–Crippen MR) is 91.4 cm³/mol. The summed E-state index contributed by atoms with van der Waals surface area (Å²) in [6.07, 6.45) is 6.98. The molecule has 0 unspecified atom stereocenters. The third-order valence-corrected chi connectivity index (χ3v) is 6.22. The van der Waals surface area contributed by atoms with Crippen molar-refractivity contribution in [3.63, 3.8) is 0 Å². The second-order valence-electron chi connectivity index (χ2n) is 6.93. The lowest BCUT2D eigenvalue weighted by Crippen LogP contribution is -2.40. The van der Waals surface area contributed by atoms with E-state index in [4.69, 9.17) is 4.42 Å². The highest BCUT2D eigenvalue weighted by Gasteiger charge is 2.42. The van der Waals surface area contributed by atoms with Crippen LogP contribution in [0.1, 0.15) is 32.6 Å². The van der Waals surface area contributed by atoms with E-state index in [0.29, 0.717) is 28.4 Å². The van der Waals surface area contributed by atoms with Crippen molar-refractivity contribution in [2.75, 3.05) is 5.75 Å². The molecule has 0 aromatic carbocycles. The Bertz CT molecular complexity index is 699. The molecule has 2 aromatic heterocycles. The minimum Gasteiger partial charge on any atom is -0.461 e. The number of aromatic nitrogens is 3. The second kappa shape index (κ2) is 6.63. The summed E-state index contributed by atoms with van der Waals surface area (Å²) in [6.45, 7) is 2.15. The topological polar surface area (TPSA) is 83.8 Å². The van der Waals surface area contributed by atoms with Crippen LogP contribution in [-0.2, 0) is 4.79 Å². The van der Waals surface area contributed by atoms with Crippen molar-refractivity contribution < 1.29 is 9.21 Å². The molecule has 128 valence electrons. The van der Waals surface area contributed by atoms with Gasteiger partial charge in [0.15, 0.2) is 11.6 Å². The van der Waals surface area contributed by atoms with Crippen LogP contribution in [0.2, 0.25) is 0 Å². The normalized spacial score (nSPS) is 26.6. The number of nitrogens with zero attached hydrogens (tertiary/aromatic N) is 2. The summed E-state index contributed by atoms with van der Waals surface area (Å²) in [5.74, 6) is 4.00. The zero-order valence-corrected chi connectivity index (χ0v) is 14.5. The number of aromatic amines is 1. The molecule has 2 saturated carbocycles. The van der Waals surface area contributed by atoms with E-state index in [2.05, 4.69) is 27.4 Å². The zero-order valence-electron chi connectivity index (χ0n) is 13.7. The molecule has 4 atom stereocenters. The fraction of sp³-hybridized carbons (Fsp3) is 0.588. The van der Waals surface area contributed by atoms with E-state index in [1.807, 2.05) is 6.07 Å². The van der Waals surface area contributed by atoms with Crippen molar-refractivity contribution in [1.29, 1.82) is 0 Å². The molecule has 2 bridgehead atoms. The standard InChI is InChI=1S/C17H22N4O2S/c1-10(13-8-11-4-5-12(13)7-11)18-15(22)9-24-17-19-16(20-21-17)14-3-2-6-23-14/h2-3,6,10-13H,4-5,7-9H2,1H3,(H,18,22)(H,19,20,21)/t10-,11-,12-,13+/m0/s1. The van der Waals surface area contributed by atoms with Crippen LogP contribution in [0.25, 0.3) is 11.6 Å². The Balaban J connectivity index is 1.26. The Morgan fingerprint density at radius 3 is 3.12 bits per heavy atom. The molecule has 1 amide bonds. The molecule has 2 aliphatic rings. The highest BCUT2D eigenvalue weighted by molar-refractivity contribution is 7.99. The van der Waals surface area contributed by atoms with Gasteiger partial charge in [-0.05, 0) is 56.1 Å². The van der Waals surface area contributed by atoms with Crippen molar-refractivity contribution in [3.8, 4) is 11.6 Å². The third kappa shape index (κ3) is 3.22. The van der Waals surface area contributed by atoms with E-state index < -0.39 is 0 Å². The fourth-order valence-corrected chi connectivity index (χ4v) is 4.88. The number of furan rings is 1.